The van der Waals surface area contributed by atoms with Gasteiger partial charge in [0.1, 0.15) is 5.78 Å². The molecule has 3 unspecified atom stereocenters. The summed E-state index contributed by atoms with van der Waals surface area (Å²) in [5.41, 5.74) is 0. The summed E-state index contributed by atoms with van der Waals surface area (Å²) in [6.07, 6.45) is 7.28. The summed E-state index contributed by atoms with van der Waals surface area (Å²) in [7, 11) is 0. The SMILES string of the molecule is C=C/C(=C/C)SNC1C(C)CCCC1C(C)=O. The first-order chi connectivity index (χ1) is 8.10. The second kappa shape index (κ2) is 7.02. The Labute approximate surface area is 109 Å². The fourth-order valence-electron chi connectivity index (χ4n) is 2.42. The van der Waals surface area contributed by atoms with Gasteiger partial charge in [0, 0.05) is 16.9 Å². The molecule has 0 heterocycles. The molecule has 3 heteroatoms. The topological polar surface area (TPSA) is 29.1 Å². The molecule has 0 spiro atoms. The third-order valence-electron chi connectivity index (χ3n) is 3.54. The monoisotopic (exact) mass is 253 g/mol. The van der Waals surface area contributed by atoms with Gasteiger partial charge in [0.15, 0.2) is 0 Å². The van der Waals surface area contributed by atoms with Gasteiger partial charge in [0.05, 0.1) is 0 Å². The first kappa shape index (κ1) is 14.5. The molecule has 1 aliphatic carbocycles. The van der Waals surface area contributed by atoms with E-state index in [1.54, 1.807) is 18.9 Å². The molecule has 1 N–H and O–H groups in total. The molecule has 96 valence electrons. The Morgan fingerprint density at radius 3 is 2.71 bits per heavy atom. The number of nitrogens with one attached hydrogen (secondary N) is 1. The highest BCUT2D eigenvalue weighted by molar-refractivity contribution is 8.01. The molecule has 1 rings (SSSR count). The van der Waals surface area contributed by atoms with Crippen LogP contribution in [0.3, 0.4) is 0 Å². The summed E-state index contributed by atoms with van der Waals surface area (Å²) < 4.78 is 3.46. The minimum absolute atomic E-state index is 0.175. The second-order valence-electron chi connectivity index (χ2n) is 4.77. The lowest BCUT2D eigenvalue weighted by atomic mass is 9.76. The van der Waals surface area contributed by atoms with E-state index in [0.29, 0.717) is 17.7 Å². The molecule has 0 saturated heterocycles. The maximum absolute atomic E-state index is 11.7. The average molecular weight is 253 g/mol. The third-order valence-corrected chi connectivity index (χ3v) is 4.57. The quantitative estimate of drug-likeness (QED) is 0.598. The summed E-state index contributed by atoms with van der Waals surface area (Å²) in [4.78, 5) is 12.8. The number of Topliss-reactive ketones (excluding diaryl/α,β-unsaturated/α-hetero) is 1. The van der Waals surface area contributed by atoms with Crippen molar-refractivity contribution in [2.24, 2.45) is 11.8 Å². The van der Waals surface area contributed by atoms with Gasteiger partial charge in [-0.15, -0.1) is 0 Å². The lowest BCUT2D eigenvalue weighted by Crippen LogP contribution is -2.43. The van der Waals surface area contributed by atoms with Crippen molar-refractivity contribution in [1.82, 2.24) is 4.72 Å². The van der Waals surface area contributed by atoms with Crippen LogP contribution in [-0.2, 0) is 4.79 Å². The van der Waals surface area contributed by atoms with Gasteiger partial charge < -0.3 is 0 Å². The zero-order valence-corrected chi connectivity index (χ0v) is 11.8. The van der Waals surface area contributed by atoms with E-state index in [-0.39, 0.29) is 5.92 Å². The van der Waals surface area contributed by atoms with Gasteiger partial charge in [-0.1, -0.05) is 32.1 Å². The van der Waals surface area contributed by atoms with Crippen LogP contribution in [0.2, 0.25) is 0 Å². The first-order valence-corrected chi connectivity index (χ1v) is 7.13. The number of ketones is 1. The molecule has 2 nitrogen and oxygen atoms in total. The van der Waals surface area contributed by atoms with Crippen molar-refractivity contribution in [3.05, 3.63) is 23.6 Å². The van der Waals surface area contributed by atoms with E-state index in [1.165, 1.54) is 12.8 Å². The fraction of sp³-hybridized carbons (Fsp3) is 0.643. The third kappa shape index (κ3) is 4.00. The van der Waals surface area contributed by atoms with Crippen LogP contribution in [0.1, 0.15) is 40.0 Å². The van der Waals surface area contributed by atoms with E-state index in [0.717, 1.165) is 11.3 Å². The Bertz CT molecular complexity index is 311. The van der Waals surface area contributed by atoms with Crippen molar-refractivity contribution in [2.75, 3.05) is 0 Å². The zero-order valence-electron chi connectivity index (χ0n) is 11.0. The molecular formula is C14H23NOS. The molecule has 0 aromatic carbocycles. The van der Waals surface area contributed by atoms with E-state index in [9.17, 15) is 4.79 Å². The van der Waals surface area contributed by atoms with Crippen LogP contribution in [0.25, 0.3) is 0 Å². The molecule has 0 aliphatic heterocycles. The number of hydrogen-bond acceptors (Lipinski definition) is 3. The largest absolute Gasteiger partial charge is 0.300 e. The number of carbonyl (C=O) groups excluding carboxylic acids is 1. The average Bonchev–Trinajstić information content (AvgIpc) is 2.31. The molecule has 1 aliphatic rings. The molecule has 3 atom stereocenters. The van der Waals surface area contributed by atoms with Crippen LogP contribution >= 0.6 is 11.9 Å². The molecule has 0 aromatic rings. The molecule has 1 fully saturated rings. The van der Waals surface area contributed by atoms with Crippen LogP contribution in [0.4, 0.5) is 0 Å². The fourth-order valence-corrected chi connectivity index (χ4v) is 3.29. The maximum atomic E-state index is 11.7. The van der Waals surface area contributed by atoms with Crippen molar-refractivity contribution < 1.29 is 4.79 Å². The van der Waals surface area contributed by atoms with E-state index in [1.807, 2.05) is 19.1 Å². The number of rotatable bonds is 5. The smallest absolute Gasteiger partial charge is 0.134 e. The standard InChI is InChI=1S/C14H23NOS/c1-5-12(6-2)17-15-14-10(3)8-7-9-13(14)11(4)16/h5-6,10,13-15H,1,7-9H2,2-4H3/b12-6-. The summed E-state index contributed by atoms with van der Waals surface area (Å²) in [5, 5.41) is 0. The van der Waals surface area contributed by atoms with Crippen molar-refractivity contribution in [3.8, 4) is 0 Å². The van der Waals surface area contributed by atoms with Crippen LogP contribution < -0.4 is 4.72 Å². The van der Waals surface area contributed by atoms with Gasteiger partial charge in [0.25, 0.3) is 0 Å². The molecule has 0 radical (unpaired) electrons. The predicted octanol–water partition coefficient (Wildman–Crippen LogP) is 3.71. The van der Waals surface area contributed by atoms with Crippen LogP contribution in [0, 0.1) is 11.8 Å². The Kier molecular flexibility index (Phi) is 6.00. The summed E-state index contributed by atoms with van der Waals surface area (Å²) in [6.45, 7) is 9.72. The van der Waals surface area contributed by atoms with Gasteiger partial charge in [-0.25, -0.2) is 0 Å². The molecule has 0 aromatic heterocycles. The molecule has 17 heavy (non-hydrogen) atoms. The van der Waals surface area contributed by atoms with Crippen molar-refractivity contribution in [2.45, 2.75) is 46.1 Å². The Balaban J connectivity index is 2.63. The highest BCUT2D eigenvalue weighted by atomic mass is 32.2. The number of carbonyl (C=O) groups is 1. The van der Waals surface area contributed by atoms with E-state index < -0.39 is 0 Å². The minimum Gasteiger partial charge on any atom is -0.300 e. The summed E-state index contributed by atoms with van der Waals surface area (Å²) in [5.74, 6) is 1.05. The Morgan fingerprint density at radius 1 is 1.47 bits per heavy atom. The van der Waals surface area contributed by atoms with E-state index in [4.69, 9.17) is 0 Å². The Hall–Kier alpha value is -0.540. The van der Waals surface area contributed by atoms with Crippen LogP contribution in [-0.4, -0.2) is 11.8 Å². The van der Waals surface area contributed by atoms with Gasteiger partial charge >= 0.3 is 0 Å². The van der Waals surface area contributed by atoms with E-state index >= 15 is 0 Å². The lowest BCUT2D eigenvalue weighted by molar-refractivity contribution is -0.122. The lowest BCUT2D eigenvalue weighted by Gasteiger charge is -2.35. The van der Waals surface area contributed by atoms with Gasteiger partial charge in [0.2, 0.25) is 0 Å². The van der Waals surface area contributed by atoms with Crippen molar-refractivity contribution in [3.63, 3.8) is 0 Å². The Morgan fingerprint density at radius 2 is 2.18 bits per heavy atom. The highest BCUT2D eigenvalue weighted by Gasteiger charge is 2.33. The highest BCUT2D eigenvalue weighted by Crippen LogP contribution is 2.32. The summed E-state index contributed by atoms with van der Waals surface area (Å²) in [6, 6.07) is 0.293. The molecule has 0 bridgehead atoms. The van der Waals surface area contributed by atoms with Crippen LogP contribution in [0.15, 0.2) is 23.6 Å². The van der Waals surface area contributed by atoms with E-state index in [2.05, 4.69) is 18.2 Å². The van der Waals surface area contributed by atoms with Gasteiger partial charge in [-0.3, -0.25) is 9.52 Å². The van der Waals surface area contributed by atoms with Crippen LogP contribution in [0.5, 0.6) is 0 Å². The van der Waals surface area contributed by atoms with Crippen molar-refractivity contribution in [1.29, 1.82) is 0 Å². The van der Waals surface area contributed by atoms with Gasteiger partial charge in [-0.05, 0) is 44.6 Å². The van der Waals surface area contributed by atoms with Gasteiger partial charge in [-0.2, -0.15) is 0 Å². The minimum atomic E-state index is 0.175. The molecular weight excluding hydrogens is 230 g/mol. The maximum Gasteiger partial charge on any atom is 0.134 e. The first-order valence-electron chi connectivity index (χ1n) is 6.31. The number of allylic oxidation sites excluding steroid dienone is 2. The second-order valence-corrected chi connectivity index (χ2v) is 5.68. The summed E-state index contributed by atoms with van der Waals surface area (Å²) >= 11 is 1.59. The molecule has 0 amide bonds. The normalized spacial score (nSPS) is 30.1. The molecule has 1 saturated carbocycles. The number of hydrogen-bond donors (Lipinski definition) is 1. The predicted molar refractivity (Wildman–Crippen MR) is 75.7 cm³/mol. The zero-order chi connectivity index (χ0) is 12.8. The van der Waals surface area contributed by atoms with Crippen molar-refractivity contribution >= 4 is 17.7 Å².